The van der Waals surface area contributed by atoms with Gasteiger partial charge in [-0.3, -0.25) is 14.3 Å². The maximum atomic E-state index is 12.2. The predicted octanol–water partition coefficient (Wildman–Crippen LogP) is 2.94. The number of amides is 1. The van der Waals surface area contributed by atoms with Crippen LogP contribution in [-0.2, 0) is 16.1 Å². The van der Waals surface area contributed by atoms with E-state index in [9.17, 15) is 9.59 Å². The number of carbonyl (C=O) groups is 2. The molecule has 1 heterocycles. The molecular weight excluding hydrogens is 290 g/mol. The summed E-state index contributed by atoms with van der Waals surface area (Å²) >= 11 is 0. The molecule has 5 heteroatoms. The number of Topliss-reactive ketones (excluding diaryl/α,β-unsaturated/α-hetero) is 1. The Morgan fingerprint density at radius 1 is 1.26 bits per heavy atom. The molecule has 0 aliphatic carbocycles. The molecule has 23 heavy (non-hydrogen) atoms. The van der Waals surface area contributed by atoms with Gasteiger partial charge < -0.3 is 5.32 Å². The average molecular weight is 315 g/mol. The highest BCUT2D eigenvalue weighted by Gasteiger charge is 2.31. The van der Waals surface area contributed by atoms with Gasteiger partial charge in [0.15, 0.2) is 5.78 Å². The maximum absolute atomic E-state index is 12.2. The Morgan fingerprint density at radius 3 is 2.61 bits per heavy atom. The lowest BCUT2D eigenvalue weighted by molar-refractivity contribution is -0.130. The highest BCUT2D eigenvalue weighted by molar-refractivity contribution is 5.89. The smallest absolute Gasteiger partial charge is 0.222 e. The molecule has 1 atom stereocenters. The molecule has 0 aliphatic heterocycles. The van der Waals surface area contributed by atoms with Gasteiger partial charge in [-0.1, -0.05) is 45.9 Å². The third-order valence-electron chi connectivity index (χ3n) is 3.94. The van der Waals surface area contributed by atoms with Crippen LogP contribution >= 0.6 is 0 Å². The highest BCUT2D eigenvalue weighted by Crippen LogP contribution is 2.21. The molecule has 1 unspecified atom stereocenters. The third kappa shape index (κ3) is 4.18. The molecule has 1 amide bonds. The van der Waals surface area contributed by atoms with Gasteiger partial charge in [-0.05, 0) is 11.5 Å². The van der Waals surface area contributed by atoms with Crippen LogP contribution in [0.15, 0.2) is 30.5 Å². The van der Waals surface area contributed by atoms with Crippen LogP contribution in [0.2, 0.25) is 0 Å². The Hall–Kier alpha value is -2.17. The van der Waals surface area contributed by atoms with E-state index in [1.165, 1.54) is 0 Å². The minimum absolute atomic E-state index is 0.0652. The molecular formula is C18H25N3O2. The quantitative estimate of drug-likeness (QED) is 0.891. The number of rotatable bonds is 6. The zero-order chi connectivity index (χ0) is 17.0. The lowest BCUT2D eigenvalue weighted by Gasteiger charge is -2.30. The fraction of sp³-hybridized carbons (Fsp3) is 0.500. The molecule has 0 fully saturated rings. The van der Waals surface area contributed by atoms with Crippen LogP contribution in [0, 0.1) is 5.41 Å². The lowest BCUT2D eigenvalue weighted by atomic mass is 9.83. The Morgan fingerprint density at radius 2 is 1.96 bits per heavy atom. The Bertz CT molecular complexity index is 698. The standard InChI is InChI=1S/C18H25N3O2/c1-5-15(22)17(18(2,3)4)20-16(23)10-11-21-14-9-7-6-8-13(14)12-19-21/h6-9,12,17H,5,10-11H2,1-4H3,(H,20,23). The first-order valence-electron chi connectivity index (χ1n) is 8.05. The van der Waals surface area contributed by atoms with Crippen LogP contribution in [0.25, 0.3) is 10.9 Å². The van der Waals surface area contributed by atoms with Gasteiger partial charge in [0.1, 0.15) is 0 Å². The molecule has 5 nitrogen and oxygen atoms in total. The van der Waals surface area contributed by atoms with Gasteiger partial charge in [0.2, 0.25) is 5.91 Å². The van der Waals surface area contributed by atoms with Crippen molar-refractivity contribution in [2.75, 3.05) is 0 Å². The van der Waals surface area contributed by atoms with E-state index in [1.54, 1.807) is 6.20 Å². The zero-order valence-corrected chi connectivity index (χ0v) is 14.3. The fourth-order valence-corrected chi connectivity index (χ4v) is 2.63. The van der Waals surface area contributed by atoms with Gasteiger partial charge in [-0.25, -0.2) is 0 Å². The lowest BCUT2D eigenvalue weighted by Crippen LogP contribution is -2.49. The first-order chi connectivity index (χ1) is 10.8. The van der Waals surface area contributed by atoms with Gasteiger partial charge in [0, 0.05) is 18.2 Å². The van der Waals surface area contributed by atoms with Gasteiger partial charge in [0.25, 0.3) is 0 Å². The van der Waals surface area contributed by atoms with Crippen LogP contribution in [0.3, 0.4) is 0 Å². The average Bonchev–Trinajstić information content (AvgIpc) is 2.92. The number of para-hydroxylation sites is 1. The molecule has 1 aromatic carbocycles. The second kappa shape index (κ2) is 6.94. The third-order valence-corrected chi connectivity index (χ3v) is 3.94. The number of ketones is 1. The van der Waals surface area contributed by atoms with Crippen molar-refractivity contribution >= 4 is 22.6 Å². The molecule has 1 N–H and O–H groups in total. The van der Waals surface area contributed by atoms with Crippen molar-refractivity contribution in [3.05, 3.63) is 30.5 Å². The van der Waals surface area contributed by atoms with Crippen LogP contribution in [0.1, 0.15) is 40.5 Å². The van der Waals surface area contributed by atoms with E-state index in [0.717, 1.165) is 10.9 Å². The largest absolute Gasteiger partial charge is 0.346 e. The number of carbonyl (C=O) groups excluding carboxylic acids is 2. The Balaban J connectivity index is 2.00. The maximum Gasteiger partial charge on any atom is 0.222 e. The summed E-state index contributed by atoms with van der Waals surface area (Å²) < 4.78 is 1.82. The van der Waals surface area contributed by atoms with E-state index in [2.05, 4.69) is 10.4 Å². The Labute approximate surface area is 137 Å². The summed E-state index contributed by atoms with van der Waals surface area (Å²) in [7, 11) is 0. The molecule has 0 bridgehead atoms. The van der Waals surface area contributed by atoms with Crippen molar-refractivity contribution in [1.82, 2.24) is 15.1 Å². The van der Waals surface area contributed by atoms with Crippen molar-refractivity contribution in [1.29, 1.82) is 0 Å². The second-order valence-electron chi connectivity index (χ2n) is 6.86. The van der Waals surface area contributed by atoms with E-state index in [-0.39, 0.29) is 17.1 Å². The molecule has 2 aromatic rings. The monoisotopic (exact) mass is 315 g/mol. The summed E-state index contributed by atoms with van der Waals surface area (Å²) in [6.07, 6.45) is 2.52. The molecule has 0 aliphatic rings. The van der Waals surface area contributed by atoms with Crippen LogP contribution in [0.5, 0.6) is 0 Å². The number of benzene rings is 1. The summed E-state index contributed by atoms with van der Waals surface area (Å²) in [5.41, 5.74) is 0.721. The van der Waals surface area contributed by atoms with E-state index in [0.29, 0.717) is 19.4 Å². The SMILES string of the molecule is CCC(=O)C(NC(=O)CCn1ncc2ccccc21)C(C)(C)C. The molecule has 2 rings (SSSR count). The summed E-state index contributed by atoms with van der Waals surface area (Å²) in [5.74, 6) is -0.0540. The summed E-state index contributed by atoms with van der Waals surface area (Å²) in [6.45, 7) is 8.21. The predicted molar refractivity (Wildman–Crippen MR) is 91.0 cm³/mol. The van der Waals surface area contributed by atoms with Gasteiger partial charge in [-0.15, -0.1) is 0 Å². The molecule has 1 aromatic heterocycles. The molecule has 124 valence electrons. The minimum atomic E-state index is -0.450. The van der Waals surface area contributed by atoms with Crippen molar-refractivity contribution in [3.8, 4) is 0 Å². The normalized spacial score (nSPS) is 13.0. The molecule has 0 spiro atoms. The van der Waals surface area contributed by atoms with Crippen molar-refractivity contribution in [2.24, 2.45) is 5.41 Å². The summed E-state index contributed by atoms with van der Waals surface area (Å²) in [5, 5.41) is 8.26. The number of aromatic nitrogens is 2. The number of nitrogens with zero attached hydrogens (tertiary/aromatic N) is 2. The number of nitrogens with one attached hydrogen (secondary N) is 1. The van der Waals surface area contributed by atoms with Crippen molar-refractivity contribution in [3.63, 3.8) is 0 Å². The van der Waals surface area contributed by atoms with Crippen molar-refractivity contribution < 1.29 is 9.59 Å². The number of hydrogen-bond acceptors (Lipinski definition) is 3. The number of fused-ring (bicyclic) bond motifs is 1. The van der Waals surface area contributed by atoms with E-state index in [4.69, 9.17) is 0 Å². The van der Waals surface area contributed by atoms with Crippen LogP contribution < -0.4 is 5.32 Å². The molecule has 0 saturated carbocycles. The first-order valence-corrected chi connectivity index (χ1v) is 8.05. The van der Waals surface area contributed by atoms with Gasteiger partial charge >= 0.3 is 0 Å². The van der Waals surface area contributed by atoms with Crippen LogP contribution in [0.4, 0.5) is 0 Å². The highest BCUT2D eigenvalue weighted by atomic mass is 16.2. The first kappa shape index (κ1) is 17.2. The minimum Gasteiger partial charge on any atom is -0.346 e. The topological polar surface area (TPSA) is 64.0 Å². The molecule has 0 saturated heterocycles. The summed E-state index contributed by atoms with van der Waals surface area (Å²) in [4.78, 5) is 24.3. The van der Waals surface area contributed by atoms with E-state index in [1.807, 2.05) is 56.6 Å². The van der Waals surface area contributed by atoms with Crippen LogP contribution in [-0.4, -0.2) is 27.5 Å². The second-order valence-corrected chi connectivity index (χ2v) is 6.86. The Kier molecular flexibility index (Phi) is 5.19. The summed E-state index contributed by atoms with van der Waals surface area (Å²) in [6, 6.07) is 7.45. The fourth-order valence-electron chi connectivity index (χ4n) is 2.63. The number of hydrogen-bond donors (Lipinski definition) is 1. The van der Waals surface area contributed by atoms with Gasteiger partial charge in [0.05, 0.1) is 24.3 Å². The van der Waals surface area contributed by atoms with E-state index >= 15 is 0 Å². The van der Waals surface area contributed by atoms with E-state index < -0.39 is 6.04 Å². The zero-order valence-electron chi connectivity index (χ0n) is 14.3. The van der Waals surface area contributed by atoms with Crippen molar-refractivity contribution in [2.45, 2.75) is 53.1 Å². The van der Waals surface area contributed by atoms with Gasteiger partial charge in [-0.2, -0.15) is 5.10 Å². The molecule has 0 radical (unpaired) electrons. The number of aryl methyl sites for hydroxylation is 1.